The first-order chi connectivity index (χ1) is 8.81. The van der Waals surface area contributed by atoms with E-state index in [1.807, 2.05) is 6.07 Å². The topological polar surface area (TPSA) is 69.0 Å². The molecule has 0 atom stereocenters. The van der Waals surface area contributed by atoms with Crippen LogP contribution in [0.2, 0.25) is 0 Å². The molecular weight excluding hydrogens is 228 g/mol. The van der Waals surface area contributed by atoms with E-state index < -0.39 is 0 Å². The molecule has 0 aliphatic carbocycles. The minimum absolute atomic E-state index is 0.418. The molecule has 0 aromatic carbocycles. The Morgan fingerprint density at radius 3 is 3.00 bits per heavy atom. The normalized spacial score (nSPS) is 15.7. The minimum Gasteiger partial charge on any atom is -0.365 e. The first-order valence-corrected chi connectivity index (χ1v) is 6.09. The van der Waals surface area contributed by atoms with Crippen LogP contribution in [0.15, 0.2) is 18.3 Å². The number of nitrogens with one attached hydrogen (secondary N) is 1. The Balaban J connectivity index is 1.69. The molecule has 5 heteroatoms. The lowest BCUT2D eigenvalue weighted by atomic mass is 10.1. The third-order valence-electron chi connectivity index (χ3n) is 2.99. The number of hydrogen-bond donors (Lipinski definition) is 1. The smallest absolute Gasteiger partial charge is 0.151 e. The van der Waals surface area contributed by atoms with Gasteiger partial charge in [-0.25, -0.2) is 4.98 Å². The molecule has 5 nitrogen and oxygen atoms in total. The van der Waals surface area contributed by atoms with Crippen molar-refractivity contribution in [2.75, 3.05) is 25.0 Å². The van der Waals surface area contributed by atoms with Crippen molar-refractivity contribution in [2.45, 2.75) is 18.9 Å². The molecule has 1 aliphatic heterocycles. The van der Waals surface area contributed by atoms with Crippen LogP contribution in [0, 0.1) is 11.3 Å². The molecule has 0 unspecified atom stereocenters. The van der Waals surface area contributed by atoms with E-state index in [0.717, 1.165) is 38.2 Å². The van der Waals surface area contributed by atoms with E-state index >= 15 is 0 Å². The Labute approximate surface area is 106 Å². The zero-order valence-corrected chi connectivity index (χ0v) is 10.2. The number of aromatic nitrogens is 1. The van der Waals surface area contributed by atoms with Gasteiger partial charge in [-0.15, -0.1) is 0 Å². The quantitative estimate of drug-likeness (QED) is 0.603. The van der Waals surface area contributed by atoms with Crippen LogP contribution < -0.4 is 5.32 Å². The molecule has 1 aromatic rings. The highest BCUT2D eigenvalue weighted by Crippen LogP contribution is 2.14. The van der Waals surface area contributed by atoms with Crippen LogP contribution in [0.5, 0.6) is 0 Å². The number of rotatable bonds is 6. The number of nitrogens with zero attached hydrogens (tertiary/aromatic N) is 3. The number of anilines is 1. The second-order valence-corrected chi connectivity index (χ2v) is 4.46. The van der Waals surface area contributed by atoms with Gasteiger partial charge in [-0.2, -0.15) is 5.26 Å². The minimum atomic E-state index is 0.418. The third-order valence-corrected chi connectivity index (χ3v) is 2.99. The molecule has 0 amide bonds. The van der Waals surface area contributed by atoms with Crippen LogP contribution in [-0.4, -0.2) is 41.8 Å². The highest BCUT2D eigenvalue weighted by molar-refractivity contribution is 5.74. The van der Waals surface area contributed by atoms with Crippen molar-refractivity contribution in [1.29, 1.82) is 5.26 Å². The summed E-state index contributed by atoms with van der Waals surface area (Å²) in [6, 6.07) is 6.15. The van der Waals surface area contributed by atoms with Gasteiger partial charge < -0.3 is 5.32 Å². The van der Waals surface area contributed by atoms with Crippen LogP contribution in [0.4, 0.5) is 5.82 Å². The summed E-state index contributed by atoms with van der Waals surface area (Å²) in [5, 5.41) is 11.8. The average Bonchev–Trinajstić information content (AvgIpc) is 2.36. The van der Waals surface area contributed by atoms with Crippen LogP contribution in [-0.2, 0) is 0 Å². The maximum Gasteiger partial charge on any atom is 0.151 e. The molecule has 2 rings (SSSR count). The van der Waals surface area contributed by atoms with Gasteiger partial charge >= 0.3 is 0 Å². The number of aldehydes is 1. The maximum atomic E-state index is 10.5. The molecule has 1 N–H and O–H groups in total. The van der Waals surface area contributed by atoms with E-state index in [4.69, 9.17) is 5.26 Å². The van der Waals surface area contributed by atoms with Gasteiger partial charge in [0, 0.05) is 31.3 Å². The molecule has 1 saturated heterocycles. The summed E-state index contributed by atoms with van der Waals surface area (Å²) in [6.07, 6.45) is 3.93. The zero-order chi connectivity index (χ0) is 12.8. The molecule has 0 spiro atoms. The van der Waals surface area contributed by atoms with E-state index in [1.165, 1.54) is 0 Å². The van der Waals surface area contributed by atoms with E-state index in [1.54, 1.807) is 12.3 Å². The van der Waals surface area contributed by atoms with Gasteiger partial charge in [0.2, 0.25) is 0 Å². The summed E-state index contributed by atoms with van der Waals surface area (Å²) in [5.41, 5.74) is 0.590. The van der Waals surface area contributed by atoms with Crippen LogP contribution in [0.3, 0.4) is 0 Å². The fourth-order valence-corrected chi connectivity index (χ4v) is 1.99. The molecule has 94 valence electrons. The van der Waals surface area contributed by atoms with Gasteiger partial charge in [0.1, 0.15) is 5.82 Å². The molecular formula is C13H16N4O. The predicted molar refractivity (Wildman–Crippen MR) is 68.3 cm³/mol. The number of unbranched alkanes of at least 4 members (excludes halogenated alkanes) is 1. The molecule has 1 aliphatic rings. The SMILES string of the molecule is N#CCCCN1CC(Nc2ccc(C=O)cn2)C1. The van der Waals surface area contributed by atoms with Gasteiger partial charge in [0.05, 0.1) is 12.1 Å². The monoisotopic (exact) mass is 244 g/mol. The summed E-state index contributed by atoms with van der Waals surface area (Å²) < 4.78 is 0. The van der Waals surface area contributed by atoms with Gasteiger partial charge in [-0.05, 0) is 25.1 Å². The van der Waals surface area contributed by atoms with Gasteiger partial charge in [0.25, 0.3) is 0 Å². The van der Waals surface area contributed by atoms with Crippen molar-refractivity contribution in [3.8, 4) is 6.07 Å². The van der Waals surface area contributed by atoms with E-state index in [9.17, 15) is 4.79 Å². The van der Waals surface area contributed by atoms with E-state index in [-0.39, 0.29) is 0 Å². The van der Waals surface area contributed by atoms with Gasteiger partial charge in [-0.1, -0.05) is 0 Å². The highest BCUT2D eigenvalue weighted by atomic mass is 16.1. The summed E-state index contributed by atoms with van der Waals surface area (Å²) in [5.74, 6) is 0.808. The lowest BCUT2D eigenvalue weighted by molar-refractivity contribution is 0.112. The molecule has 1 aromatic heterocycles. The summed E-state index contributed by atoms with van der Waals surface area (Å²) in [4.78, 5) is 17.0. The summed E-state index contributed by atoms with van der Waals surface area (Å²) in [7, 11) is 0. The first kappa shape index (κ1) is 12.5. The third kappa shape index (κ3) is 3.28. The van der Waals surface area contributed by atoms with Crippen LogP contribution in [0.1, 0.15) is 23.2 Å². The van der Waals surface area contributed by atoms with Crippen molar-refractivity contribution in [1.82, 2.24) is 9.88 Å². The molecule has 0 radical (unpaired) electrons. The molecule has 0 bridgehead atoms. The van der Waals surface area contributed by atoms with Crippen molar-refractivity contribution in [2.24, 2.45) is 0 Å². The van der Waals surface area contributed by atoms with E-state index in [0.29, 0.717) is 18.0 Å². The summed E-state index contributed by atoms with van der Waals surface area (Å²) in [6.45, 7) is 2.97. The Hall–Kier alpha value is -1.93. The van der Waals surface area contributed by atoms with Crippen LogP contribution in [0.25, 0.3) is 0 Å². The molecule has 1 fully saturated rings. The number of carbonyl (C=O) groups excluding carboxylic acids is 1. The standard InChI is InChI=1S/C13H16N4O/c14-5-1-2-6-17-8-12(9-17)16-13-4-3-11(10-18)7-15-13/h3-4,7,10,12H,1-2,6,8-9H2,(H,15,16). The number of pyridine rings is 1. The molecule has 2 heterocycles. The average molecular weight is 244 g/mol. The highest BCUT2D eigenvalue weighted by Gasteiger charge is 2.25. The number of hydrogen-bond acceptors (Lipinski definition) is 5. The molecule has 0 saturated carbocycles. The van der Waals surface area contributed by atoms with Crippen molar-refractivity contribution < 1.29 is 4.79 Å². The Bertz CT molecular complexity index is 431. The second-order valence-electron chi connectivity index (χ2n) is 4.46. The largest absolute Gasteiger partial charge is 0.365 e. The lowest BCUT2D eigenvalue weighted by Gasteiger charge is -2.39. The number of likely N-dealkylation sites (tertiary alicyclic amines) is 1. The van der Waals surface area contributed by atoms with Crippen molar-refractivity contribution in [3.05, 3.63) is 23.9 Å². The first-order valence-electron chi connectivity index (χ1n) is 6.09. The van der Waals surface area contributed by atoms with Crippen LogP contribution >= 0.6 is 0 Å². The number of carbonyl (C=O) groups is 1. The van der Waals surface area contributed by atoms with E-state index in [2.05, 4.69) is 21.3 Å². The molecule has 18 heavy (non-hydrogen) atoms. The zero-order valence-electron chi connectivity index (χ0n) is 10.2. The van der Waals surface area contributed by atoms with Gasteiger partial charge in [-0.3, -0.25) is 9.69 Å². The lowest BCUT2D eigenvalue weighted by Crippen LogP contribution is -2.54. The Morgan fingerprint density at radius 1 is 1.56 bits per heavy atom. The maximum absolute atomic E-state index is 10.5. The summed E-state index contributed by atoms with van der Waals surface area (Å²) >= 11 is 0. The predicted octanol–water partition coefficient (Wildman–Crippen LogP) is 1.29. The van der Waals surface area contributed by atoms with Gasteiger partial charge in [0.15, 0.2) is 6.29 Å². The fraction of sp³-hybridized carbons (Fsp3) is 0.462. The second kappa shape index (κ2) is 6.12. The number of nitriles is 1. The van der Waals surface area contributed by atoms with Crippen molar-refractivity contribution >= 4 is 12.1 Å². The Morgan fingerprint density at radius 2 is 2.39 bits per heavy atom. The Kier molecular flexibility index (Phi) is 4.26. The van der Waals surface area contributed by atoms with Crippen molar-refractivity contribution in [3.63, 3.8) is 0 Å². The fourth-order valence-electron chi connectivity index (χ4n) is 1.99.